The molecule has 3 N–H and O–H groups in total. The van der Waals surface area contributed by atoms with Crippen molar-refractivity contribution in [3.63, 3.8) is 0 Å². The molecule has 0 spiro atoms. The number of carbonyl (C=O) groups is 3. The van der Waals surface area contributed by atoms with Crippen LogP contribution in [0.15, 0.2) is 30.3 Å². The fourth-order valence-corrected chi connectivity index (χ4v) is 2.38. The monoisotopic (exact) mass is 288 g/mol. The van der Waals surface area contributed by atoms with Crippen molar-refractivity contribution in [2.24, 2.45) is 5.73 Å². The Morgan fingerprint density at radius 2 is 1.90 bits per heavy atom. The third kappa shape index (κ3) is 3.47. The first-order valence-corrected chi connectivity index (χ1v) is 6.60. The summed E-state index contributed by atoms with van der Waals surface area (Å²) in [5.41, 5.74) is 6.43. The normalized spacial score (nSPS) is 18.1. The molecule has 1 aliphatic heterocycles. The molecule has 1 heterocycles. The molecule has 2 amide bonds. The molecule has 2 rings (SSSR count). The third-order valence-corrected chi connectivity index (χ3v) is 3.42. The van der Waals surface area contributed by atoms with E-state index in [4.69, 9.17) is 10.8 Å². The Labute approximate surface area is 121 Å². The largest absolute Gasteiger partial charge is 0.478 e. The van der Waals surface area contributed by atoms with Gasteiger partial charge in [-0.15, -0.1) is 0 Å². The number of aliphatic carboxylic acids is 1. The maximum absolute atomic E-state index is 12.3. The molecule has 0 bridgehead atoms. The van der Waals surface area contributed by atoms with Gasteiger partial charge in [-0.1, -0.05) is 12.1 Å². The van der Waals surface area contributed by atoms with Crippen molar-refractivity contribution >= 4 is 23.9 Å². The van der Waals surface area contributed by atoms with Crippen molar-refractivity contribution in [1.29, 1.82) is 0 Å². The number of nitrogens with zero attached hydrogens (tertiary/aromatic N) is 1. The van der Waals surface area contributed by atoms with Gasteiger partial charge in [0.1, 0.15) is 6.04 Å². The number of carbonyl (C=O) groups excluding carboxylic acids is 2. The second kappa shape index (κ2) is 6.21. The quantitative estimate of drug-likeness (QED) is 0.803. The van der Waals surface area contributed by atoms with Crippen molar-refractivity contribution in [1.82, 2.24) is 4.90 Å². The summed E-state index contributed by atoms with van der Waals surface area (Å²) in [5, 5.41) is 8.55. The van der Waals surface area contributed by atoms with Crippen LogP contribution < -0.4 is 5.73 Å². The number of hydrogen-bond acceptors (Lipinski definition) is 3. The Morgan fingerprint density at radius 1 is 1.24 bits per heavy atom. The van der Waals surface area contributed by atoms with Gasteiger partial charge in [0.25, 0.3) is 5.91 Å². The standard InChI is InChI=1S/C15H16N2O4/c16-14(20)12-2-1-9-17(12)15(21)11-6-3-10(4-7-11)5-8-13(18)19/h3-8,12H,1-2,9H2,(H2,16,20)(H,18,19). The van der Waals surface area contributed by atoms with E-state index in [9.17, 15) is 14.4 Å². The number of likely N-dealkylation sites (tertiary alicyclic amines) is 1. The highest BCUT2D eigenvalue weighted by atomic mass is 16.4. The highest BCUT2D eigenvalue weighted by Crippen LogP contribution is 2.20. The predicted molar refractivity (Wildman–Crippen MR) is 76.4 cm³/mol. The molecule has 1 unspecified atom stereocenters. The molecule has 1 aliphatic rings. The van der Waals surface area contributed by atoms with E-state index in [2.05, 4.69) is 0 Å². The van der Waals surface area contributed by atoms with Crippen molar-refractivity contribution in [2.45, 2.75) is 18.9 Å². The van der Waals surface area contributed by atoms with E-state index in [0.29, 0.717) is 24.1 Å². The SMILES string of the molecule is NC(=O)C1CCCN1C(=O)c1ccc(C=CC(=O)O)cc1. The molecule has 21 heavy (non-hydrogen) atoms. The highest BCUT2D eigenvalue weighted by molar-refractivity contribution is 5.98. The lowest BCUT2D eigenvalue weighted by molar-refractivity contribution is -0.131. The van der Waals surface area contributed by atoms with Crippen molar-refractivity contribution in [2.75, 3.05) is 6.54 Å². The minimum absolute atomic E-state index is 0.231. The Hall–Kier alpha value is -2.63. The van der Waals surface area contributed by atoms with Crippen LogP contribution in [0.25, 0.3) is 6.08 Å². The van der Waals surface area contributed by atoms with E-state index in [1.165, 1.54) is 11.0 Å². The van der Waals surface area contributed by atoms with Crippen LogP contribution in [0.1, 0.15) is 28.8 Å². The van der Waals surface area contributed by atoms with Crippen LogP contribution in [0.2, 0.25) is 0 Å². The Kier molecular flexibility index (Phi) is 4.37. The van der Waals surface area contributed by atoms with Crippen molar-refractivity contribution in [3.8, 4) is 0 Å². The molecule has 6 nitrogen and oxygen atoms in total. The summed E-state index contributed by atoms with van der Waals surface area (Å²) in [6.45, 7) is 0.521. The Morgan fingerprint density at radius 3 is 2.48 bits per heavy atom. The van der Waals surface area contributed by atoms with Gasteiger partial charge in [-0.2, -0.15) is 0 Å². The number of carboxylic acid groups (broad SMARTS) is 1. The summed E-state index contributed by atoms with van der Waals surface area (Å²) < 4.78 is 0. The summed E-state index contributed by atoms with van der Waals surface area (Å²) >= 11 is 0. The van der Waals surface area contributed by atoms with Gasteiger partial charge in [0.15, 0.2) is 0 Å². The average molecular weight is 288 g/mol. The van der Waals surface area contributed by atoms with Gasteiger partial charge in [0.2, 0.25) is 5.91 Å². The molecule has 6 heteroatoms. The van der Waals surface area contributed by atoms with Crippen LogP contribution in [-0.2, 0) is 9.59 Å². The number of hydrogen-bond donors (Lipinski definition) is 2. The maximum Gasteiger partial charge on any atom is 0.328 e. The minimum atomic E-state index is -1.03. The summed E-state index contributed by atoms with van der Waals surface area (Å²) in [4.78, 5) is 35.6. The average Bonchev–Trinajstić information content (AvgIpc) is 2.94. The van der Waals surface area contributed by atoms with Crippen LogP contribution >= 0.6 is 0 Å². The second-order valence-electron chi connectivity index (χ2n) is 4.85. The zero-order valence-electron chi connectivity index (χ0n) is 11.4. The summed E-state index contributed by atoms with van der Waals surface area (Å²) in [6, 6.07) is 5.99. The Bertz CT molecular complexity index is 592. The molecule has 1 fully saturated rings. The predicted octanol–water partition coefficient (Wildman–Crippen LogP) is 0.874. The lowest BCUT2D eigenvalue weighted by Gasteiger charge is -2.22. The van der Waals surface area contributed by atoms with Crippen LogP contribution in [0.4, 0.5) is 0 Å². The number of amides is 2. The zero-order valence-corrected chi connectivity index (χ0v) is 11.4. The fraction of sp³-hybridized carbons (Fsp3) is 0.267. The first-order valence-electron chi connectivity index (χ1n) is 6.60. The van der Waals surface area contributed by atoms with Crippen molar-refractivity contribution < 1.29 is 19.5 Å². The molecule has 0 radical (unpaired) electrons. The third-order valence-electron chi connectivity index (χ3n) is 3.42. The van der Waals surface area contributed by atoms with Gasteiger partial charge in [0.05, 0.1) is 0 Å². The minimum Gasteiger partial charge on any atom is -0.478 e. The Balaban J connectivity index is 2.13. The molecule has 0 saturated carbocycles. The van der Waals surface area contributed by atoms with E-state index < -0.39 is 17.9 Å². The maximum atomic E-state index is 12.3. The van der Waals surface area contributed by atoms with E-state index >= 15 is 0 Å². The van der Waals surface area contributed by atoms with Gasteiger partial charge in [0, 0.05) is 18.2 Å². The number of benzene rings is 1. The van der Waals surface area contributed by atoms with Crippen LogP contribution in [0.5, 0.6) is 0 Å². The molecule has 1 atom stereocenters. The number of primary amides is 1. The number of nitrogens with two attached hydrogens (primary N) is 1. The van der Waals surface area contributed by atoms with Crippen LogP contribution in [0.3, 0.4) is 0 Å². The fourth-order valence-electron chi connectivity index (χ4n) is 2.38. The van der Waals surface area contributed by atoms with Gasteiger partial charge < -0.3 is 15.7 Å². The second-order valence-corrected chi connectivity index (χ2v) is 4.85. The molecule has 0 aliphatic carbocycles. The number of carboxylic acids is 1. The van der Waals surface area contributed by atoms with Crippen molar-refractivity contribution in [3.05, 3.63) is 41.5 Å². The molecule has 1 saturated heterocycles. The summed E-state index contributed by atoms with van der Waals surface area (Å²) in [6.07, 6.45) is 3.83. The molecule has 1 aromatic carbocycles. The molecule has 0 aromatic heterocycles. The lowest BCUT2D eigenvalue weighted by atomic mass is 10.1. The molecular formula is C15H16N2O4. The molecular weight excluding hydrogens is 272 g/mol. The van der Waals surface area contributed by atoms with Gasteiger partial charge in [-0.05, 0) is 36.6 Å². The summed E-state index contributed by atoms with van der Waals surface area (Å²) in [5.74, 6) is -1.75. The lowest BCUT2D eigenvalue weighted by Crippen LogP contribution is -2.43. The van der Waals surface area contributed by atoms with Gasteiger partial charge in [-0.25, -0.2) is 4.79 Å². The summed E-state index contributed by atoms with van der Waals surface area (Å²) in [7, 11) is 0. The zero-order chi connectivity index (χ0) is 15.4. The van der Waals surface area contributed by atoms with E-state index in [-0.39, 0.29) is 5.91 Å². The first-order chi connectivity index (χ1) is 9.99. The highest BCUT2D eigenvalue weighted by Gasteiger charge is 2.32. The smallest absolute Gasteiger partial charge is 0.328 e. The van der Waals surface area contributed by atoms with Crippen LogP contribution in [-0.4, -0.2) is 40.4 Å². The van der Waals surface area contributed by atoms with E-state index in [1.807, 2.05) is 0 Å². The first kappa shape index (κ1) is 14.8. The van der Waals surface area contributed by atoms with E-state index in [1.54, 1.807) is 24.3 Å². The van der Waals surface area contributed by atoms with Gasteiger partial charge >= 0.3 is 5.97 Å². The molecule has 1 aromatic rings. The van der Waals surface area contributed by atoms with E-state index in [0.717, 1.165) is 12.5 Å². The van der Waals surface area contributed by atoms with Crippen LogP contribution in [0, 0.1) is 0 Å². The molecule has 110 valence electrons. The van der Waals surface area contributed by atoms with Gasteiger partial charge in [-0.3, -0.25) is 9.59 Å². The number of rotatable bonds is 4. The topological polar surface area (TPSA) is 101 Å².